The molecule has 1 fully saturated rings. The molecule has 0 spiro atoms. The molecule has 0 saturated carbocycles. The van der Waals surface area contributed by atoms with Crippen LogP contribution in [0, 0.1) is 0 Å². The summed E-state index contributed by atoms with van der Waals surface area (Å²) in [7, 11) is 0. The van der Waals surface area contributed by atoms with E-state index in [1.807, 2.05) is 6.20 Å². The van der Waals surface area contributed by atoms with Crippen LogP contribution in [0.15, 0.2) is 12.4 Å². The molecule has 0 bridgehead atoms. The van der Waals surface area contributed by atoms with E-state index in [0.717, 1.165) is 44.6 Å². The van der Waals surface area contributed by atoms with Crippen molar-refractivity contribution in [3.63, 3.8) is 0 Å². The Hall–Kier alpha value is -1.36. The third-order valence-corrected chi connectivity index (χ3v) is 2.82. The molecule has 3 N–H and O–H groups in total. The zero-order chi connectivity index (χ0) is 11.2. The van der Waals surface area contributed by atoms with Crippen molar-refractivity contribution in [2.45, 2.75) is 31.7 Å². The second-order valence-corrected chi connectivity index (χ2v) is 4.08. The minimum atomic E-state index is 0.0311. The van der Waals surface area contributed by atoms with Gasteiger partial charge in [0.2, 0.25) is 5.91 Å². The summed E-state index contributed by atoms with van der Waals surface area (Å²) in [5.74, 6) is 1.12. The molecule has 5 heteroatoms. The van der Waals surface area contributed by atoms with Crippen molar-refractivity contribution in [3.8, 4) is 0 Å². The van der Waals surface area contributed by atoms with Gasteiger partial charge in [0.15, 0.2) is 0 Å². The standard InChI is InChI=1S/C11H18N4O/c16-11(9-3-1-5-12-9)15-6-2-4-10-13-7-8-14-10/h7-9,12H,1-6H2,(H,13,14)(H,15,16)/t9-/m0/s1. The van der Waals surface area contributed by atoms with Gasteiger partial charge in [0.1, 0.15) is 5.82 Å². The molecule has 1 amide bonds. The number of hydrogen-bond acceptors (Lipinski definition) is 3. The molecule has 1 aromatic rings. The minimum Gasteiger partial charge on any atom is -0.355 e. The maximum atomic E-state index is 11.6. The van der Waals surface area contributed by atoms with Crippen LogP contribution in [0.25, 0.3) is 0 Å². The smallest absolute Gasteiger partial charge is 0.237 e. The fourth-order valence-corrected chi connectivity index (χ4v) is 1.93. The average Bonchev–Trinajstić information content (AvgIpc) is 2.96. The lowest BCUT2D eigenvalue weighted by molar-refractivity contribution is -0.122. The van der Waals surface area contributed by atoms with Gasteiger partial charge < -0.3 is 15.6 Å². The molecular weight excluding hydrogens is 204 g/mol. The summed E-state index contributed by atoms with van der Waals surface area (Å²) < 4.78 is 0. The number of nitrogens with one attached hydrogen (secondary N) is 3. The molecule has 2 heterocycles. The van der Waals surface area contributed by atoms with Crippen LogP contribution in [-0.4, -0.2) is 35.0 Å². The number of H-pyrrole nitrogens is 1. The summed E-state index contributed by atoms with van der Waals surface area (Å²) in [6.45, 7) is 1.68. The highest BCUT2D eigenvalue weighted by atomic mass is 16.2. The highest BCUT2D eigenvalue weighted by molar-refractivity contribution is 5.81. The number of nitrogens with zero attached hydrogens (tertiary/aromatic N) is 1. The number of imidazole rings is 1. The summed E-state index contributed by atoms with van der Waals surface area (Å²) in [5, 5.41) is 6.12. The van der Waals surface area contributed by atoms with Crippen LogP contribution in [0.3, 0.4) is 0 Å². The average molecular weight is 222 g/mol. The molecule has 1 aromatic heterocycles. The van der Waals surface area contributed by atoms with E-state index in [0.29, 0.717) is 0 Å². The van der Waals surface area contributed by atoms with Gasteiger partial charge >= 0.3 is 0 Å². The Labute approximate surface area is 95.0 Å². The second-order valence-electron chi connectivity index (χ2n) is 4.08. The molecule has 0 aliphatic carbocycles. The molecule has 1 atom stereocenters. The molecule has 5 nitrogen and oxygen atoms in total. The number of aromatic nitrogens is 2. The van der Waals surface area contributed by atoms with Crippen molar-refractivity contribution in [1.29, 1.82) is 0 Å². The first-order valence-electron chi connectivity index (χ1n) is 5.85. The SMILES string of the molecule is O=C(NCCCc1ncc[nH]1)[C@@H]1CCCN1. The van der Waals surface area contributed by atoms with Crippen molar-refractivity contribution in [1.82, 2.24) is 20.6 Å². The van der Waals surface area contributed by atoms with Crippen molar-refractivity contribution in [2.75, 3.05) is 13.1 Å². The maximum absolute atomic E-state index is 11.6. The first-order valence-corrected chi connectivity index (χ1v) is 5.85. The normalized spacial score (nSPS) is 19.9. The summed E-state index contributed by atoms with van der Waals surface area (Å²) in [6.07, 6.45) is 7.43. The van der Waals surface area contributed by atoms with Crippen molar-refractivity contribution in [3.05, 3.63) is 18.2 Å². The molecular formula is C11H18N4O. The fraction of sp³-hybridized carbons (Fsp3) is 0.636. The summed E-state index contributed by atoms with van der Waals surface area (Å²) in [4.78, 5) is 18.8. The lowest BCUT2D eigenvalue weighted by Gasteiger charge is -2.10. The topological polar surface area (TPSA) is 69.8 Å². The predicted octanol–water partition coefficient (Wildman–Crippen LogP) is 0.210. The van der Waals surface area contributed by atoms with Crippen molar-refractivity contribution < 1.29 is 4.79 Å². The predicted molar refractivity (Wildman–Crippen MR) is 60.9 cm³/mol. The number of rotatable bonds is 5. The van der Waals surface area contributed by atoms with E-state index >= 15 is 0 Å². The zero-order valence-corrected chi connectivity index (χ0v) is 9.33. The lowest BCUT2D eigenvalue weighted by atomic mass is 10.2. The van der Waals surface area contributed by atoms with Gasteiger partial charge in [-0.15, -0.1) is 0 Å². The number of aromatic amines is 1. The third kappa shape index (κ3) is 3.06. The lowest BCUT2D eigenvalue weighted by Crippen LogP contribution is -2.40. The molecule has 0 aromatic carbocycles. The minimum absolute atomic E-state index is 0.0311. The number of amides is 1. The van der Waals surface area contributed by atoms with Crippen LogP contribution in [0.2, 0.25) is 0 Å². The van der Waals surface area contributed by atoms with Crippen LogP contribution in [-0.2, 0) is 11.2 Å². The van der Waals surface area contributed by atoms with Gasteiger partial charge in [0, 0.05) is 25.4 Å². The van der Waals surface area contributed by atoms with E-state index in [1.54, 1.807) is 6.20 Å². The van der Waals surface area contributed by atoms with E-state index in [1.165, 1.54) is 0 Å². The van der Waals surface area contributed by atoms with Gasteiger partial charge in [-0.2, -0.15) is 0 Å². The molecule has 0 unspecified atom stereocenters. The van der Waals surface area contributed by atoms with Crippen LogP contribution >= 0.6 is 0 Å². The van der Waals surface area contributed by atoms with E-state index in [-0.39, 0.29) is 11.9 Å². The number of carbonyl (C=O) groups excluding carboxylic acids is 1. The van der Waals surface area contributed by atoms with Gasteiger partial charge in [-0.25, -0.2) is 4.98 Å². The Bertz CT molecular complexity index is 317. The quantitative estimate of drug-likeness (QED) is 0.624. The van der Waals surface area contributed by atoms with Crippen LogP contribution in [0.1, 0.15) is 25.1 Å². The van der Waals surface area contributed by atoms with Crippen LogP contribution in [0.4, 0.5) is 0 Å². The highest BCUT2D eigenvalue weighted by Gasteiger charge is 2.20. The van der Waals surface area contributed by atoms with Crippen LogP contribution < -0.4 is 10.6 Å². The fourth-order valence-electron chi connectivity index (χ4n) is 1.93. The maximum Gasteiger partial charge on any atom is 0.237 e. The first kappa shape index (κ1) is 11.1. The summed E-state index contributed by atoms with van der Waals surface area (Å²) in [6, 6.07) is 0.0311. The molecule has 1 aliphatic rings. The number of carbonyl (C=O) groups is 1. The number of hydrogen-bond donors (Lipinski definition) is 3. The van der Waals surface area contributed by atoms with E-state index in [2.05, 4.69) is 20.6 Å². The third-order valence-electron chi connectivity index (χ3n) is 2.82. The van der Waals surface area contributed by atoms with Gasteiger partial charge in [-0.05, 0) is 25.8 Å². The van der Waals surface area contributed by atoms with Crippen molar-refractivity contribution in [2.24, 2.45) is 0 Å². The zero-order valence-electron chi connectivity index (χ0n) is 9.33. The molecule has 1 saturated heterocycles. The Morgan fingerprint density at radius 2 is 2.56 bits per heavy atom. The molecule has 0 radical (unpaired) electrons. The van der Waals surface area contributed by atoms with E-state index in [9.17, 15) is 4.79 Å². The van der Waals surface area contributed by atoms with Crippen molar-refractivity contribution >= 4 is 5.91 Å². The largest absolute Gasteiger partial charge is 0.355 e. The second kappa shape index (κ2) is 5.65. The monoisotopic (exact) mass is 222 g/mol. The number of aryl methyl sites for hydroxylation is 1. The summed E-state index contributed by atoms with van der Waals surface area (Å²) >= 11 is 0. The molecule has 1 aliphatic heterocycles. The summed E-state index contributed by atoms with van der Waals surface area (Å²) in [5.41, 5.74) is 0. The first-order chi connectivity index (χ1) is 7.86. The molecule has 2 rings (SSSR count). The van der Waals surface area contributed by atoms with E-state index < -0.39 is 0 Å². The van der Waals surface area contributed by atoms with Gasteiger partial charge in [0.05, 0.1) is 6.04 Å². The van der Waals surface area contributed by atoms with Gasteiger partial charge in [-0.1, -0.05) is 0 Å². The van der Waals surface area contributed by atoms with Crippen LogP contribution in [0.5, 0.6) is 0 Å². The van der Waals surface area contributed by atoms with Gasteiger partial charge in [0.25, 0.3) is 0 Å². The Morgan fingerprint density at radius 3 is 3.25 bits per heavy atom. The highest BCUT2D eigenvalue weighted by Crippen LogP contribution is 2.04. The molecule has 16 heavy (non-hydrogen) atoms. The molecule has 88 valence electrons. The Morgan fingerprint density at radius 1 is 1.62 bits per heavy atom. The van der Waals surface area contributed by atoms with Gasteiger partial charge in [-0.3, -0.25) is 4.79 Å². The Balaban J connectivity index is 1.59. The van der Waals surface area contributed by atoms with E-state index in [4.69, 9.17) is 0 Å². The Kier molecular flexibility index (Phi) is 3.93.